The van der Waals surface area contributed by atoms with Gasteiger partial charge in [-0.05, 0) is 25.9 Å². The fourth-order valence-electron chi connectivity index (χ4n) is 2.35. The van der Waals surface area contributed by atoms with Gasteiger partial charge in [0.05, 0.1) is 19.0 Å². The van der Waals surface area contributed by atoms with Gasteiger partial charge in [0.2, 0.25) is 5.91 Å². The van der Waals surface area contributed by atoms with Crippen molar-refractivity contribution in [1.29, 1.82) is 5.26 Å². The lowest BCUT2D eigenvalue weighted by Crippen LogP contribution is -2.47. The molecule has 5 nitrogen and oxygen atoms in total. The van der Waals surface area contributed by atoms with Crippen LogP contribution < -0.4 is 5.32 Å². The van der Waals surface area contributed by atoms with Crippen LogP contribution in [-0.4, -0.2) is 61.5 Å². The summed E-state index contributed by atoms with van der Waals surface area (Å²) in [5.41, 5.74) is 0. The maximum atomic E-state index is 12.0. The predicted octanol–water partition coefficient (Wildman–Crippen LogP) is 0.822. The first kappa shape index (κ1) is 15.9. The molecule has 0 bridgehead atoms. The molecule has 1 atom stereocenters. The minimum Gasteiger partial charge on any atom is -0.344 e. The molecule has 5 heteroatoms. The number of nitriles is 1. The van der Waals surface area contributed by atoms with Crippen molar-refractivity contribution in [3.63, 3.8) is 0 Å². The van der Waals surface area contributed by atoms with E-state index < -0.39 is 0 Å². The van der Waals surface area contributed by atoms with Crippen molar-refractivity contribution in [2.24, 2.45) is 0 Å². The van der Waals surface area contributed by atoms with Crippen LogP contribution in [0.25, 0.3) is 0 Å². The molecule has 0 aromatic rings. The Hall–Kier alpha value is -1.12. The lowest BCUT2D eigenvalue weighted by molar-refractivity contribution is -0.131. The van der Waals surface area contributed by atoms with E-state index in [1.165, 1.54) is 19.3 Å². The third kappa shape index (κ3) is 6.04. The van der Waals surface area contributed by atoms with Crippen LogP contribution in [0.15, 0.2) is 0 Å². The second-order valence-corrected chi connectivity index (χ2v) is 5.20. The molecule has 1 N–H and O–H groups in total. The number of carbonyl (C=O) groups is 1. The van der Waals surface area contributed by atoms with Gasteiger partial charge in [0, 0.05) is 26.2 Å². The van der Waals surface area contributed by atoms with E-state index in [1.807, 2.05) is 0 Å². The maximum Gasteiger partial charge on any atom is 0.236 e. The topological polar surface area (TPSA) is 59.4 Å². The molecule has 0 aromatic heterocycles. The van der Waals surface area contributed by atoms with Crippen molar-refractivity contribution in [2.75, 3.05) is 39.8 Å². The van der Waals surface area contributed by atoms with E-state index in [1.54, 1.807) is 11.9 Å². The molecule has 0 aromatic carbocycles. The highest BCUT2D eigenvalue weighted by molar-refractivity contribution is 5.78. The molecule has 1 amide bonds. The van der Waals surface area contributed by atoms with E-state index in [0.717, 1.165) is 19.6 Å². The molecule has 1 aliphatic rings. The van der Waals surface area contributed by atoms with Crippen LogP contribution in [0.5, 0.6) is 0 Å². The number of hydrogen-bond acceptors (Lipinski definition) is 4. The van der Waals surface area contributed by atoms with E-state index in [0.29, 0.717) is 25.6 Å². The number of likely N-dealkylation sites (N-methyl/N-ethyl adjacent to an activating group) is 2. The molecule has 108 valence electrons. The largest absolute Gasteiger partial charge is 0.344 e. The Labute approximate surface area is 116 Å². The fraction of sp³-hybridized carbons (Fsp3) is 0.857. The van der Waals surface area contributed by atoms with E-state index in [4.69, 9.17) is 5.26 Å². The maximum absolute atomic E-state index is 12.0. The quantitative estimate of drug-likeness (QED) is 0.741. The van der Waals surface area contributed by atoms with Crippen molar-refractivity contribution in [2.45, 2.75) is 38.6 Å². The molecule has 1 unspecified atom stereocenters. The van der Waals surface area contributed by atoms with E-state index >= 15 is 0 Å². The first-order valence-electron chi connectivity index (χ1n) is 7.24. The highest BCUT2D eigenvalue weighted by atomic mass is 16.2. The van der Waals surface area contributed by atoms with Gasteiger partial charge in [-0.25, -0.2) is 0 Å². The summed E-state index contributed by atoms with van der Waals surface area (Å²) in [6.45, 7) is 5.99. The Morgan fingerprint density at radius 3 is 2.84 bits per heavy atom. The highest BCUT2D eigenvalue weighted by Gasteiger charge is 2.18. The van der Waals surface area contributed by atoms with E-state index in [9.17, 15) is 4.79 Å². The summed E-state index contributed by atoms with van der Waals surface area (Å²) in [5, 5.41) is 12.0. The summed E-state index contributed by atoms with van der Waals surface area (Å²) < 4.78 is 0. The number of carbonyl (C=O) groups excluding carboxylic acids is 1. The van der Waals surface area contributed by atoms with Crippen molar-refractivity contribution >= 4 is 5.91 Å². The second-order valence-electron chi connectivity index (χ2n) is 5.20. The summed E-state index contributed by atoms with van der Waals surface area (Å²) in [6, 6.07) is 2.59. The van der Waals surface area contributed by atoms with Gasteiger partial charge in [0.25, 0.3) is 0 Å². The molecule has 1 aliphatic heterocycles. The summed E-state index contributed by atoms with van der Waals surface area (Å²) in [6.07, 6.45) is 4.15. The number of nitrogens with one attached hydrogen (secondary N) is 1. The van der Waals surface area contributed by atoms with Crippen molar-refractivity contribution in [1.82, 2.24) is 15.1 Å². The zero-order valence-electron chi connectivity index (χ0n) is 12.2. The van der Waals surface area contributed by atoms with Crippen molar-refractivity contribution < 1.29 is 4.79 Å². The van der Waals surface area contributed by atoms with Gasteiger partial charge in [-0.15, -0.1) is 0 Å². The van der Waals surface area contributed by atoms with Crippen LogP contribution in [-0.2, 0) is 4.79 Å². The van der Waals surface area contributed by atoms with Gasteiger partial charge in [-0.1, -0.05) is 13.3 Å². The van der Waals surface area contributed by atoms with Crippen LogP contribution in [0.1, 0.15) is 32.6 Å². The standard InChI is InChI=1S/C14H26N4O/c1-3-18(11-13-7-4-5-9-16-13)12-14(19)17(2)10-6-8-15/h13,16H,3-7,9-12H2,1-2H3. The lowest BCUT2D eigenvalue weighted by Gasteiger charge is -2.30. The predicted molar refractivity (Wildman–Crippen MR) is 75.6 cm³/mol. The fourth-order valence-corrected chi connectivity index (χ4v) is 2.35. The van der Waals surface area contributed by atoms with Crippen LogP contribution in [0.2, 0.25) is 0 Å². The van der Waals surface area contributed by atoms with E-state index in [2.05, 4.69) is 23.2 Å². The number of amides is 1. The van der Waals surface area contributed by atoms with Gasteiger partial charge in [0.1, 0.15) is 0 Å². The summed E-state index contributed by atoms with van der Waals surface area (Å²) >= 11 is 0. The first-order valence-corrected chi connectivity index (χ1v) is 7.24. The Morgan fingerprint density at radius 2 is 2.26 bits per heavy atom. The Balaban J connectivity index is 2.34. The second kappa shape index (κ2) is 8.89. The van der Waals surface area contributed by atoms with Crippen LogP contribution in [0, 0.1) is 11.3 Å². The van der Waals surface area contributed by atoms with Crippen LogP contribution in [0.4, 0.5) is 0 Å². The smallest absolute Gasteiger partial charge is 0.236 e. The zero-order chi connectivity index (χ0) is 14.1. The first-order chi connectivity index (χ1) is 9.17. The molecular weight excluding hydrogens is 240 g/mol. The molecule has 0 radical (unpaired) electrons. The molecule has 1 fully saturated rings. The van der Waals surface area contributed by atoms with Crippen molar-refractivity contribution in [3.05, 3.63) is 0 Å². The number of rotatable bonds is 7. The van der Waals surface area contributed by atoms with Crippen LogP contribution >= 0.6 is 0 Å². The molecule has 0 saturated carbocycles. The summed E-state index contributed by atoms with van der Waals surface area (Å²) in [4.78, 5) is 15.9. The van der Waals surface area contributed by atoms with Crippen molar-refractivity contribution in [3.8, 4) is 6.07 Å². The van der Waals surface area contributed by atoms with Gasteiger partial charge in [0.15, 0.2) is 0 Å². The van der Waals surface area contributed by atoms with Gasteiger partial charge in [-0.3, -0.25) is 9.69 Å². The minimum absolute atomic E-state index is 0.105. The normalized spacial score (nSPS) is 19.2. The lowest BCUT2D eigenvalue weighted by atomic mass is 10.0. The van der Waals surface area contributed by atoms with Gasteiger partial charge >= 0.3 is 0 Å². The molecule has 1 heterocycles. The Kier molecular flexibility index (Phi) is 7.46. The Morgan fingerprint density at radius 1 is 1.47 bits per heavy atom. The monoisotopic (exact) mass is 266 g/mol. The SMILES string of the molecule is CCN(CC(=O)N(C)CCC#N)CC1CCCCN1. The minimum atomic E-state index is 0.105. The third-order valence-corrected chi connectivity index (χ3v) is 3.68. The third-order valence-electron chi connectivity index (χ3n) is 3.68. The molecule has 19 heavy (non-hydrogen) atoms. The van der Waals surface area contributed by atoms with Crippen LogP contribution in [0.3, 0.4) is 0 Å². The van der Waals surface area contributed by atoms with Gasteiger partial charge in [-0.2, -0.15) is 5.26 Å². The molecular formula is C14H26N4O. The summed E-state index contributed by atoms with van der Waals surface area (Å²) in [5.74, 6) is 0.105. The molecule has 1 saturated heterocycles. The summed E-state index contributed by atoms with van der Waals surface area (Å²) in [7, 11) is 1.77. The highest BCUT2D eigenvalue weighted by Crippen LogP contribution is 2.08. The Bertz CT molecular complexity index is 307. The molecule has 0 spiro atoms. The molecule has 0 aliphatic carbocycles. The number of nitrogens with zero attached hydrogens (tertiary/aromatic N) is 3. The van der Waals surface area contributed by atoms with Gasteiger partial charge < -0.3 is 10.2 Å². The number of hydrogen-bond donors (Lipinski definition) is 1. The average Bonchev–Trinajstić information content (AvgIpc) is 2.44. The zero-order valence-corrected chi connectivity index (χ0v) is 12.2. The van der Waals surface area contributed by atoms with E-state index in [-0.39, 0.29) is 5.91 Å². The molecule has 1 rings (SSSR count). The number of piperidine rings is 1. The average molecular weight is 266 g/mol.